The van der Waals surface area contributed by atoms with Gasteiger partial charge in [-0.1, -0.05) is 20.8 Å². The second-order valence-corrected chi connectivity index (χ2v) is 4.40. The minimum Gasteiger partial charge on any atom is -0.481 e. The van der Waals surface area contributed by atoms with Gasteiger partial charge >= 0.3 is 5.97 Å². The number of hydrogen-bond acceptors (Lipinski definition) is 2. The molecule has 1 atom stereocenters. The highest BCUT2D eigenvalue weighted by Gasteiger charge is 2.38. The van der Waals surface area contributed by atoms with E-state index in [0.29, 0.717) is 6.54 Å². The molecular formula is C11H21NO3. The fourth-order valence-electron chi connectivity index (χ4n) is 1.19. The molecule has 15 heavy (non-hydrogen) atoms. The smallest absolute Gasteiger partial charge is 0.310 e. The van der Waals surface area contributed by atoms with Gasteiger partial charge in [-0.05, 0) is 19.3 Å². The summed E-state index contributed by atoms with van der Waals surface area (Å²) in [6.45, 7) is 7.82. The highest BCUT2D eigenvalue weighted by atomic mass is 16.4. The van der Waals surface area contributed by atoms with Crippen LogP contribution in [0.3, 0.4) is 0 Å². The Kier molecular flexibility index (Phi) is 5.33. The van der Waals surface area contributed by atoms with Crippen LogP contribution in [-0.2, 0) is 9.59 Å². The van der Waals surface area contributed by atoms with Crippen molar-refractivity contribution in [1.82, 2.24) is 5.32 Å². The van der Waals surface area contributed by atoms with Crippen LogP contribution in [0.1, 0.15) is 40.5 Å². The predicted octanol–water partition coefficient (Wildman–Crippen LogP) is 1.65. The number of carbonyl (C=O) groups is 2. The molecule has 0 aromatic rings. The first-order valence-electron chi connectivity index (χ1n) is 5.34. The van der Waals surface area contributed by atoms with Gasteiger partial charge in [0.2, 0.25) is 5.91 Å². The van der Waals surface area contributed by atoms with Crippen molar-refractivity contribution >= 4 is 11.9 Å². The number of nitrogens with one attached hydrogen (secondary N) is 1. The lowest BCUT2D eigenvalue weighted by molar-refractivity contribution is -0.153. The highest BCUT2D eigenvalue weighted by Crippen LogP contribution is 2.31. The average molecular weight is 215 g/mol. The molecule has 4 nitrogen and oxygen atoms in total. The molecule has 1 amide bonds. The van der Waals surface area contributed by atoms with Crippen molar-refractivity contribution < 1.29 is 14.7 Å². The molecule has 0 rings (SSSR count). The van der Waals surface area contributed by atoms with Gasteiger partial charge in [-0.15, -0.1) is 0 Å². The van der Waals surface area contributed by atoms with Crippen molar-refractivity contribution in [2.24, 2.45) is 11.3 Å². The normalized spacial score (nSPS) is 14.7. The number of hydrogen-bond donors (Lipinski definition) is 2. The van der Waals surface area contributed by atoms with E-state index in [1.807, 2.05) is 20.8 Å². The summed E-state index contributed by atoms with van der Waals surface area (Å²) in [5.41, 5.74) is -0.974. The summed E-state index contributed by atoms with van der Waals surface area (Å²) in [6, 6.07) is 0. The lowest BCUT2D eigenvalue weighted by atomic mass is 9.76. The van der Waals surface area contributed by atoms with E-state index in [1.54, 1.807) is 6.92 Å². The molecule has 0 aliphatic rings. The van der Waals surface area contributed by atoms with Gasteiger partial charge in [0, 0.05) is 13.0 Å². The van der Waals surface area contributed by atoms with Gasteiger partial charge in [-0.3, -0.25) is 9.59 Å². The molecule has 0 radical (unpaired) electrons. The molecule has 0 spiro atoms. The lowest BCUT2D eigenvalue weighted by Crippen LogP contribution is -2.39. The second kappa shape index (κ2) is 5.73. The Morgan fingerprint density at radius 1 is 1.40 bits per heavy atom. The zero-order valence-electron chi connectivity index (χ0n) is 9.96. The monoisotopic (exact) mass is 215 g/mol. The Morgan fingerprint density at radius 3 is 2.27 bits per heavy atom. The molecule has 0 aliphatic carbocycles. The summed E-state index contributed by atoms with van der Waals surface area (Å²) in [4.78, 5) is 22.5. The van der Waals surface area contributed by atoms with Crippen LogP contribution < -0.4 is 5.32 Å². The minimum atomic E-state index is -0.974. The third-order valence-corrected chi connectivity index (χ3v) is 2.86. The Labute approximate surface area is 91.1 Å². The summed E-state index contributed by atoms with van der Waals surface area (Å²) < 4.78 is 0. The fraction of sp³-hybridized carbons (Fsp3) is 0.818. The molecule has 88 valence electrons. The van der Waals surface area contributed by atoms with Crippen molar-refractivity contribution in [3.05, 3.63) is 0 Å². The highest BCUT2D eigenvalue weighted by molar-refractivity contribution is 5.84. The van der Waals surface area contributed by atoms with Crippen LogP contribution in [0.5, 0.6) is 0 Å². The predicted molar refractivity (Wildman–Crippen MR) is 58.5 cm³/mol. The van der Waals surface area contributed by atoms with Gasteiger partial charge in [0.25, 0.3) is 0 Å². The van der Waals surface area contributed by atoms with E-state index in [2.05, 4.69) is 5.32 Å². The van der Waals surface area contributed by atoms with E-state index in [4.69, 9.17) is 5.11 Å². The number of aliphatic carboxylic acids is 1. The van der Waals surface area contributed by atoms with E-state index in [1.165, 1.54) is 0 Å². The average Bonchev–Trinajstić information content (AvgIpc) is 2.13. The van der Waals surface area contributed by atoms with Crippen molar-refractivity contribution in [2.75, 3.05) is 6.54 Å². The Bertz CT molecular complexity index is 238. The van der Waals surface area contributed by atoms with Gasteiger partial charge in [0.15, 0.2) is 0 Å². The summed E-state index contributed by atoms with van der Waals surface area (Å²) in [5.74, 6) is -1.16. The van der Waals surface area contributed by atoms with Crippen LogP contribution in [0.4, 0.5) is 0 Å². The molecule has 0 aliphatic heterocycles. The van der Waals surface area contributed by atoms with Crippen molar-refractivity contribution in [3.8, 4) is 0 Å². The standard InChI is InChI=1S/C11H21NO3/c1-5-6-12-9(13)7-11(4,8(2)3)10(14)15/h8H,5-7H2,1-4H3,(H,12,13)(H,14,15). The molecule has 2 N–H and O–H groups in total. The molecule has 0 aromatic carbocycles. The van der Waals surface area contributed by atoms with Gasteiger partial charge in [0.1, 0.15) is 0 Å². The quantitative estimate of drug-likeness (QED) is 0.708. The van der Waals surface area contributed by atoms with E-state index >= 15 is 0 Å². The first-order chi connectivity index (χ1) is 6.84. The fourth-order valence-corrected chi connectivity index (χ4v) is 1.19. The molecule has 0 saturated carbocycles. The third kappa shape index (κ3) is 3.90. The molecule has 0 saturated heterocycles. The first kappa shape index (κ1) is 13.9. The number of carboxylic acid groups (broad SMARTS) is 1. The Balaban J connectivity index is 4.43. The van der Waals surface area contributed by atoms with Crippen LogP contribution in [0, 0.1) is 11.3 Å². The van der Waals surface area contributed by atoms with Gasteiger partial charge in [-0.25, -0.2) is 0 Å². The van der Waals surface area contributed by atoms with Gasteiger partial charge in [-0.2, -0.15) is 0 Å². The van der Waals surface area contributed by atoms with E-state index in [9.17, 15) is 9.59 Å². The number of rotatable bonds is 6. The molecule has 0 heterocycles. The van der Waals surface area contributed by atoms with Crippen molar-refractivity contribution in [3.63, 3.8) is 0 Å². The Hall–Kier alpha value is -1.06. The van der Waals surface area contributed by atoms with Crippen LogP contribution in [0.15, 0.2) is 0 Å². The summed E-state index contributed by atoms with van der Waals surface area (Å²) >= 11 is 0. The van der Waals surface area contributed by atoms with Gasteiger partial charge in [0.05, 0.1) is 5.41 Å². The van der Waals surface area contributed by atoms with E-state index < -0.39 is 11.4 Å². The number of carboxylic acids is 1. The number of amides is 1. The first-order valence-corrected chi connectivity index (χ1v) is 5.34. The van der Waals surface area contributed by atoms with E-state index in [-0.39, 0.29) is 18.2 Å². The van der Waals surface area contributed by atoms with Crippen molar-refractivity contribution in [2.45, 2.75) is 40.5 Å². The lowest BCUT2D eigenvalue weighted by Gasteiger charge is -2.28. The molecule has 0 aromatic heterocycles. The maximum absolute atomic E-state index is 11.5. The van der Waals surface area contributed by atoms with Crippen LogP contribution >= 0.6 is 0 Å². The van der Waals surface area contributed by atoms with Crippen LogP contribution in [0.25, 0.3) is 0 Å². The van der Waals surface area contributed by atoms with E-state index in [0.717, 1.165) is 6.42 Å². The molecule has 0 fully saturated rings. The second-order valence-electron chi connectivity index (χ2n) is 4.40. The zero-order chi connectivity index (χ0) is 12.1. The summed E-state index contributed by atoms with van der Waals surface area (Å²) in [6.07, 6.45) is 0.900. The maximum Gasteiger partial charge on any atom is 0.310 e. The molecular weight excluding hydrogens is 194 g/mol. The van der Waals surface area contributed by atoms with Crippen LogP contribution in [0.2, 0.25) is 0 Å². The summed E-state index contributed by atoms with van der Waals surface area (Å²) in [5, 5.41) is 11.8. The number of carbonyl (C=O) groups excluding carboxylic acids is 1. The van der Waals surface area contributed by atoms with Gasteiger partial charge < -0.3 is 10.4 Å². The molecule has 0 bridgehead atoms. The van der Waals surface area contributed by atoms with Crippen LogP contribution in [-0.4, -0.2) is 23.5 Å². The topological polar surface area (TPSA) is 66.4 Å². The minimum absolute atomic E-state index is 0.0417. The van der Waals surface area contributed by atoms with Crippen molar-refractivity contribution in [1.29, 1.82) is 0 Å². The largest absolute Gasteiger partial charge is 0.481 e. The zero-order valence-corrected chi connectivity index (χ0v) is 9.96. The SMILES string of the molecule is CCCNC(=O)CC(C)(C(=O)O)C(C)C. The molecule has 1 unspecified atom stereocenters. The third-order valence-electron chi connectivity index (χ3n) is 2.86. The molecule has 4 heteroatoms. The Morgan fingerprint density at radius 2 is 1.93 bits per heavy atom. The summed E-state index contributed by atoms with van der Waals surface area (Å²) in [7, 11) is 0. The maximum atomic E-state index is 11.5.